The molecule has 1 aromatic heterocycles. The van der Waals surface area contributed by atoms with E-state index >= 15 is 0 Å². The summed E-state index contributed by atoms with van der Waals surface area (Å²) in [6, 6.07) is 0. The van der Waals surface area contributed by atoms with Gasteiger partial charge in [-0.1, -0.05) is 0 Å². The van der Waals surface area contributed by atoms with E-state index in [2.05, 4.69) is 27.6 Å². The third kappa shape index (κ3) is 1.28. The van der Waals surface area contributed by atoms with E-state index in [9.17, 15) is 4.39 Å². The highest BCUT2D eigenvalue weighted by Crippen LogP contribution is 2.15. The van der Waals surface area contributed by atoms with Crippen LogP contribution in [0.2, 0.25) is 0 Å². The highest BCUT2D eigenvalue weighted by atomic mass is 127. The lowest BCUT2D eigenvalue weighted by Crippen LogP contribution is -1.93. The van der Waals surface area contributed by atoms with Gasteiger partial charge in [0.25, 0.3) is 0 Å². The molecule has 54 valence electrons. The van der Waals surface area contributed by atoms with E-state index in [0.717, 1.165) is 9.26 Å². The fraction of sp³-hybridized carbons (Fsp3) is 0.286. The van der Waals surface area contributed by atoms with Crippen molar-refractivity contribution in [2.24, 2.45) is 0 Å². The number of hydrogen-bond acceptors (Lipinski definition) is 1. The predicted octanol–water partition coefficient (Wildman–Crippen LogP) is 2.44. The third-order valence-corrected chi connectivity index (χ3v) is 2.97. The first-order chi connectivity index (χ1) is 4.63. The second-order valence-corrected chi connectivity index (χ2v) is 3.21. The van der Waals surface area contributed by atoms with E-state index < -0.39 is 0 Å². The summed E-state index contributed by atoms with van der Waals surface area (Å²) >= 11 is 2.09. The Labute approximate surface area is 72.8 Å². The highest BCUT2D eigenvalue weighted by Gasteiger charge is 2.03. The van der Waals surface area contributed by atoms with Crippen LogP contribution in [0.15, 0.2) is 6.20 Å². The van der Waals surface area contributed by atoms with E-state index in [1.165, 1.54) is 6.20 Å². The Bertz CT molecular complexity index is 233. The van der Waals surface area contributed by atoms with Crippen LogP contribution in [0.4, 0.5) is 4.39 Å². The van der Waals surface area contributed by atoms with Gasteiger partial charge in [-0.25, -0.2) is 4.39 Å². The molecule has 0 spiro atoms. The minimum absolute atomic E-state index is 0.227. The van der Waals surface area contributed by atoms with Gasteiger partial charge in [0.15, 0.2) is 0 Å². The summed E-state index contributed by atoms with van der Waals surface area (Å²) in [5.41, 5.74) is 1.58. The number of rotatable bonds is 0. The summed E-state index contributed by atoms with van der Waals surface area (Å²) in [4.78, 5) is 3.86. The van der Waals surface area contributed by atoms with Crippen molar-refractivity contribution >= 4 is 22.6 Å². The molecule has 0 saturated carbocycles. The van der Waals surface area contributed by atoms with Crippen LogP contribution in [0.1, 0.15) is 11.3 Å². The minimum atomic E-state index is -0.227. The number of nitrogens with zero attached hydrogens (tertiary/aromatic N) is 1. The zero-order valence-corrected chi connectivity index (χ0v) is 7.94. The molecule has 0 bridgehead atoms. The van der Waals surface area contributed by atoms with Crippen LogP contribution in [0.25, 0.3) is 0 Å². The summed E-state index contributed by atoms with van der Waals surface area (Å²) in [6.07, 6.45) is 1.26. The molecule has 0 aromatic carbocycles. The second-order valence-electron chi connectivity index (χ2n) is 2.13. The van der Waals surface area contributed by atoms with Gasteiger partial charge in [0, 0.05) is 9.13 Å². The van der Waals surface area contributed by atoms with Gasteiger partial charge in [-0.2, -0.15) is 0 Å². The second kappa shape index (κ2) is 2.82. The number of aromatic nitrogens is 1. The van der Waals surface area contributed by atoms with E-state index in [4.69, 9.17) is 0 Å². The van der Waals surface area contributed by atoms with Crippen LogP contribution in [0, 0.1) is 23.2 Å². The zero-order valence-electron chi connectivity index (χ0n) is 5.78. The molecule has 0 aliphatic carbocycles. The molecule has 0 radical (unpaired) electrons. The van der Waals surface area contributed by atoms with Crippen LogP contribution in [0.5, 0.6) is 0 Å². The lowest BCUT2D eigenvalue weighted by atomic mass is 10.2. The van der Waals surface area contributed by atoms with Crippen LogP contribution in [0.3, 0.4) is 0 Å². The Morgan fingerprint density at radius 3 is 2.60 bits per heavy atom. The summed E-state index contributed by atoms with van der Waals surface area (Å²) in [6.45, 7) is 3.62. The highest BCUT2D eigenvalue weighted by molar-refractivity contribution is 14.1. The smallest absolute Gasteiger partial charge is 0.145 e. The average molecular weight is 251 g/mol. The molecule has 1 rings (SSSR count). The average Bonchev–Trinajstić information content (AvgIpc) is 1.93. The Morgan fingerprint density at radius 1 is 1.50 bits per heavy atom. The maximum absolute atomic E-state index is 12.7. The third-order valence-electron chi connectivity index (χ3n) is 1.38. The van der Waals surface area contributed by atoms with Gasteiger partial charge >= 0.3 is 0 Å². The molecule has 1 nitrogen and oxygen atoms in total. The molecule has 0 unspecified atom stereocenters. The van der Waals surface area contributed by atoms with E-state index in [1.54, 1.807) is 6.92 Å². The van der Waals surface area contributed by atoms with Crippen LogP contribution >= 0.6 is 22.6 Å². The van der Waals surface area contributed by atoms with Crippen molar-refractivity contribution in [1.29, 1.82) is 0 Å². The van der Waals surface area contributed by atoms with E-state index in [0.29, 0.717) is 5.56 Å². The fourth-order valence-electron chi connectivity index (χ4n) is 0.683. The normalized spacial score (nSPS) is 10.0. The molecule has 1 heterocycles. The predicted molar refractivity (Wildman–Crippen MR) is 46.4 cm³/mol. The van der Waals surface area contributed by atoms with Crippen molar-refractivity contribution in [2.75, 3.05) is 0 Å². The molecule has 0 fully saturated rings. The number of pyridine rings is 1. The van der Waals surface area contributed by atoms with Crippen molar-refractivity contribution in [2.45, 2.75) is 13.8 Å². The molecule has 0 aliphatic heterocycles. The van der Waals surface area contributed by atoms with Crippen molar-refractivity contribution in [1.82, 2.24) is 4.98 Å². The molecule has 0 aliphatic rings. The summed E-state index contributed by atoms with van der Waals surface area (Å²) in [7, 11) is 0. The molecular weight excluding hydrogens is 244 g/mol. The van der Waals surface area contributed by atoms with Gasteiger partial charge in [0.1, 0.15) is 5.82 Å². The summed E-state index contributed by atoms with van der Waals surface area (Å²) in [5, 5.41) is 0. The molecule has 1 aromatic rings. The summed E-state index contributed by atoms with van der Waals surface area (Å²) < 4.78 is 13.6. The fourth-order valence-corrected chi connectivity index (χ4v) is 1.08. The number of aryl methyl sites for hydroxylation is 1. The number of hydrogen-bond donors (Lipinski definition) is 0. The van der Waals surface area contributed by atoms with Gasteiger partial charge in [-0.15, -0.1) is 0 Å². The van der Waals surface area contributed by atoms with Gasteiger partial charge in [-0.3, -0.25) is 4.98 Å². The Kier molecular flexibility index (Phi) is 2.23. The lowest BCUT2D eigenvalue weighted by molar-refractivity contribution is 0.609. The van der Waals surface area contributed by atoms with E-state index in [1.807, 2.05) is 6.92 Å². The van der Waals surface area contributed by atoms with Crippen molar-refractivity contribution in [3.05, 3.63) is 26.8 Å². The van der Waals surface area contributed by atoms with Gasteiger partial charge in [0.2, 0.25) is 0 Å². The maximum atomic E-state index is 12.7. The van der Waals surface area contributed by atoms with Crippen LogP contribution in [-0.4, -0.2) is 4.98 Å². The molecule has 0 amide bonds. The van der Waals surface area contributed by atoms with Crippen molar-refractivity contribution < 1.29 is 4.39 Å². The monoisotopic (exact) mass is 251 g/mol. The van der Waals surface area contributed by atoms with Gasteiger partial charge < -0.3 is 0 Å². The largest absolute Gasteiger partial charge is 0.257 e. The molecule has 0 saturated heterocycles. The SMILES string of the molecule is Cc1ncc(F)c(C)c1I. The topological polar surface area (TPSA) is 12.9 Å². The molecular formula is C7H7FIN. The van der Waals surface area contributed by atoms with Gasteiger partial charge in [0.05, 0.1) is 11.9 Å². The molecule has 10 heavy (non-hydrogen) atoms. The van der Waals surface area contributed by atoms with Crippen molar-refractivity contribution in [3.8, 4) is 0 Å². The number of halogens is 2. The quantitative estimate of drug-likeness (QED) is 0.645. The Hall–Kier alpha value is -0.190. The Balaban J connectivity index is 3.34. The molecule has 0 atom stereocenters. The first-order valence-corrected chi connectivity index (χ1v) is 3.98. The minimum Gasteiger partial charge on any atom is -0.257 e. The first-order valence-electron chi connectivity index (χ1n) is 2.90. The van der Waals surface area contributed by atoms with Crippen molar-refractivity contribution in [3.63, 3.8) is 0 Å². The van der Waals surface area contributed by atoms with Gasteiger partial charge in [-0.05, 0) is 36.4 Å². The van der Waals surface area contributed by atoms with Crippen LogP contribution in [-0.2, 0) is 0 Å². The maximum Gasteiger partial charge on any atom is 0.145 e. The summed E-state index contributed by atoms with van der Waals surface area (Å²) in [5.74, 6) is -0.227. The van der Waals surface area contributed by atoms with Crippen LogP contribution < -0.4 is 0 Å². The molecule has 0 N–H and O–H groups in total. The Morgan fingerprint density at radius 2 is 2.10 bits per heavy atom. The zero-order chi connectivity index (χ0) is 7.72. The standard InChI is InChI=1S/C7H7FIN/c1-4-6(8)3-10-5(2)7(4)9/h3H,1-2H3. The first kappa shape index (κ1) is 7.91. The molecule has 3 heteroatoms. The lowest BCUT2D eigenvalue weighted by Gasteiger charge is -2.00. The van der Waals surface area contributed by atoms with E-state index in [-0.39, 0.29) is 5.82 Å².